The number of ketones is 1. The van der Waals surface area contributed by atoms with Crippen molar-refractivity contribution in [3.05, 3.63) is 99.5 Å². The van der Waals surface area contributed by atoms with Crippen LogP contribution in [0, 0.1) is 0 Å². The Morgan fingerprint density at radius 3 is 2.00 bits per heavy atom. The van der Waals surface area contributed by atoms with E-state index in [1.165, 1.54) is 0 Å². The van der Waals surface area contributed by atoms with Gasteiger partial charge < -0.3 is 15.4 Å². The van der Waals surface area contributed by atoms with E-state index in [0.717, 1.165) is 0 Å². The van der Waals surface area contributed by atoms with Crippen molar-refractivity contribution in [1.29, 1.82) is 0 Å². The maximum atomic E-state index is 12.5. The van der Waals surface area contributed by atoms with Crippen LogP contribution in [0.4, 0.5) is 0 Å². The molecule has 0 saturated carbocycles. The van der Waals surface area contributed by atoms with Gasteiger partial charge in [0.05, 0.1) is 10.6 Å². The van der Waals surface area contributed by atoms with Gasteiger partial charge in [-0.3, -0.25) is 14.4 Å². The van der Waals surface area contributed by atoms with E-state index in [2.05, 4.69) is 10.6 Å². The molecule has 2 amide bonds. The van der Waals surface area contributed by atoms with Crippen LogP contribution in [-0.2, 0) is 4.79 Å². The molecular weight excluding hydrogens is 451 g/mol. The summed E-state index contributed by atoms with van der Waals surface area (Å²) in [4.78, 5) is 36.4. The second-order valence-corrected chi connectivity index (χ2v) is 7.58. The smallest absolute Gasteiger partial charge is 0.258 e. The summed E-state index contributed by atoms with van der Waals surface area (Å²) in [7, 11) is 0. The minimum Gasteiger partial charge on any atom is -0.484 e. The lowest BCUT2D eigenvalue weighted by molar-refractivity contribution is -0.123. The van der Waals surface area contributed by atoms with Crippen molar-refractivity contribution in [3.63, 3.8) is 0 Å². The summed E-state index contributed by atoms with van der Waals surface area (Å²) in [6.07, 6.45) is 0. The Balaban J connectivity index is 1.39. The highest BCUT2D eigenvalue weighted by Gasteiger charge is 2.11. The molecule has 32 heavy (non-hydrogen) atoms. The van der Waals surface area contributed by atoms with Crippen LogP contribution in [0.25, 0.3) is 0 Å². The Labute approximate surface area is 195 Å². The summed E-state index contributed by atoms with van der Waals surface area (Å²) in [6, 6.07) is 19.9. The van der Waals surface area contributed by atoms with Crippen molar-refractivity contribution in [2.24, 2.45) is 0 Å². The largest absolute Gasteiger partial charge is 0.484 e. The summed E-state index contributed by atoms with van der Waals surface area (Å²) in [5, 5.41) is 6.26. The molecule has 0 radical (unpaired) electrons. The molecule has 0 bridgehead atoms. The van der Waals surface area contributed by atoms with Gasteiger partial charge in [0, 0.05) is 29.2 Å². The van der Waals surface area contributed by atoms with Crippen LogP contribution in [0.1, 0.15) is 26.3 Å². The first-order valence-corrected chi connectivity index (χ1v) is 10.5. The lowest BCUT2D eigenvalue weighted by Gasteiger charge is -2.09. The monoisotopic (exact) mass is 470 g/mol. The van der Waals surface area contributed by atoms with Gasteiger partial charge in [-0.25, -0.2) is 0 Å². The van der Waals surface area contributed by atoms with Gasteiger partial charge in [-0.1, -0.05) is 35.3 Å². The van der Waals surface area contributed by atoms with E-state index in [4.69, 9.17) is 27.9 Å². The van der Waals surface area contributed by atoms with Gasteiger partial charge in [0.2, 0.25) is 0 Å². The van der Waals surface area contributed by atoms with Gasteiger partial charge in [0.15, 0.2) is 12.4 Å². The third kappa shape index (κ3) is 6.57. The zero-order valence-corrected chi connectivity index (χ0v) is 18.5. The molecule has 0 atom stereocenters. The van der Waals surface area contributed by atoms with Crippen LogP contribution in [-0.4, -0.2) is 37.3 Å². The van der Waals surface area contributed by atoms with Crippen molar-refractivity contribution in [1.82, 2.24) is 10.6 Å². The summed E-state index contributed by atoms with van der Waals surface area (Å²) in [5.41, 5.74) is 1.41. The van der Waals surface area contributed by atoms with Crippen molar-refractivity contribution in [2.75, 3.05) is 19.7 Å². The zero-order valence-electron chi connectivity index (χ0n) is 16.9. The summed E-state index contributed by atoms with van der Waals surface area (Å²) in [5.74, 6) is -0.322. The van der Waals surface area contributed by atoms with Crippen LogP contribution in [0.5, 0.6) is 5.75 Å². The van der Waals surface area contributed by atoms with Gasteiger partial charge >= 0.3 is 0 Å². The van der Waals surface area contributed by atoms with Crippen LogP contribution in [0.2, 0.25) is 10.0 Å². The van der Waals surface area contributed by atoms with Gasteiger partial charge in [0.25, 0.3) is 11.8 Å². The minimum atomic E-state index is -0.335. The predicted octanol–water partition coefficient (Wildman–Crippen LogP) is 4.15. The average Bonchev–Trinajstić information content (AvgIpc) is 2.81. The Kier molecular flexibility index (Phi) is 8.25. The zero-order chi connectivity index (χ0) is 22.9. The van der Waals surface area contributed by atoms with E-state index in [9.17, 15) is 14.4 Å². The Bertz CT molecular complexity index is 1100. The van der Waals surface area contributed by atoms with Crippen LogP contribution in [0.3, 0.4) is 0 Å². The van der Waals surface area contributed by atoms with E-state index in [0.29, 0.717) is 32.5 Å². The molecule has 0 aliphatic carbocycles. The third-order valence-corrected chi connectivity index (χ3v) is 5.03. The molecule has 0 heterocycles. The van der Waals surface area contributed by atoms with Crippen LogP contribution < -0.4 is 15.4 Å². The van der Waals surface area contributed by atoms with E-state index in [-0.39, 0.29) is 37.3 Å². The third-order valence-electron chi connectivity index (χ3n) is 4.44. The molecule has 0 saturated heterocycles. The van der Waals surface area contributed by atoms with Crippen molar-refractivity contribution < 1.29 is 19.1 Å². The second-order valence-electron chi connectivity index (χ2n) is 6.73. The molecule has 8 heteroatoms. The van der Waals surface area contributed by atoms with E-state index in [1.807, 2.05) is 0 Å². The second kappa shape index (κ2) is 11.3. The number of carbonyl (C=O) groups is 3. The normalized spacial score (nSPS) is 10.3. The maximum Gasteiger partial charge on any atom is 0.258 e. The number of amides is 2. The quantitative estimate of drug-likeness (QED) is 0.363. The fraction of sp³-hybridized carbons (Fsp3) is 0.125. The minimum absolute atomic E-state index is 0.134. The molecule has 0 spiro atoms. The van der Waals surface area contributed by atoms with E-state index in [1.54, 1.807) is 72.8 Å². The molecule has 164 valence electrons. The molecule has 0 unspecified atom stereocenters. The molecule has 3 aromatic carbocycles. The average molecular weight is 471 g/mol. The fourth-order valence-electron chi connectivity index (χ4n) is 2.79. The maximum absolute atomic E-state index is 12.5. The number of ether oxygens (including phenoxy) is 1. The molecular formula is C24H20Cl2N2O4. The fourth-order valence-corrected chi connectivity index (χ4v) is 3.14. The first-order valence-electron chi connectivity index (χ1n) is 9.76. The topological polar surface area (TPSA) is 84.5 Å². The lowest BCUT2D eigenvalue weighted by atomic mass is 10.0. The Morgan fingerprint density at radius 2 is 1.34 bits per heavy atom. The highest BCUT2D eigenvalue weighted by molar-refractivity contribution is 6.33. The van der Waals surface area contributed by atoms with Gasteiger partial charge in [0.1, 0.15) is 5.75 Å². The number of benzene rings is 3. The number of carbonyl (C=O) groups excluding carboxylic acids is 3. The Hall–Kier alpha value is -3.35. The van der Waals surface area contributed by atoms with Crippen molar-refractivity contribution in [2.45, 2.75) is 0 Å². The molecule has 0 aromatic heterocycles. The molecule has 6 nitrogen and oxygen atoms in total. The Morgan fingerprint density at radius 1 is 0.750 bits per heavy atom. The highest BCUT2D eigenvalue weighted by Crippen LogP contribution is 2.17. The van der Waals surface area contributed by atoms with Crippen molar-refractivity contribution >= 4 is 40.8 Å². The first kappa shape index (κ1) is 23.3. The summed E-state index contributed by atoms with van der Waals surface area (Å²) >= 11 is 11.8. The van der Waals surface area contributed by atoms with E-state index >= 15 is 0 Å². The molecule has 2 N–H and O–H groups in total. The number of nitrogens with one attached hydrogen (secondary N) is 2. The molecule has 3 rings (SSSR count). The van der Waals surface area contributed by atoms with E-state index < -0.39 is 0 Å². The lowest BCUT2D eigenvalue weighted by Crippen LogP contribution is -2.36. The molecule has 3 aromatic rings. The van der Waals surface area contributed by atoms with Crippen LogP contribution >= 0.6 is 23.2 Å². The number of hydrogen-bond acceptors (Lipinski definition) is 4. The molecule has 0 fully saturated rings. The predicted molar refractivity (Wildman–Crippen MR) is 124 cm³/mol. The van der Waals surface area contributed by atoms with Crippen LogP contribution in [0.15, 0.2) is 72.8 Å². The van der Waals surface area contributed by atoms with Crippen molar-refractivity contribution in [3.8, 4) is 5.75 Å². The summed E-state index contributed by atoms with van der Waals surface area (Å²) in [6.45, 7) is 0.299. The number of halogens is 2. The first-order chi connectivity index (χ1) is 15.4. The van der Waals surface area contributed by atoms with Gasteiger partial charge in [-0.05, 0) is 60.7 Å². The van der Waals surface area contributed by atoms with Gasteiger partial charge in [-0.15, -0.1) is 0 Å². The summed E-state index contributed by atoms with van der Waals surface area (Å²) < 4.78 is 5.44. The molecule has 0 aliphatic heterocycles. The standard InChI is InChI=1S/C24H20Cl2N2O4/c25-18-9-5-16(6-10-18)23(30)17-7-11-19(12-8-17)32-15-22(29)27-13-14-28-24(31)20-3-1-2-4-21(20)26/h1-12H,13-15H2,(H,27,29)(H,28,31). The van der Waals surface area contributed by atoms with Gasteiger partial charge in [-0.2, -0.15) is 0 Å². The molecule has 0 aliphatic rings. The number of hydrogen-bond donors (Lipinski definition) is 2. The highest BCUT2D eigenvalue weighted by atomic mass is 35.5. The SMILES string of the molecule is O=C(COc1ccc(C(=O)c2ccc(Cl)cc2)cc1)NCCNC(=O)c1ccccc1Cl. The number of rotatable bonds is 9.